The maximum absolute atomic E-state index is 13.8. The number of nitrogens with one attached hydrogen (secondary N) is 1. The standard InChI is InChI=1S/C16H22ClFN2O3/c1-23-10-12(21)9-20-7-5-11(6-8-20)19-16(22)13-3-2-4-14(17)15(13)18/h2-4,11-12,21H,5-10H2,1H3,(H,19,22). The number of hydrogen-bond donors (Lipinski definition) is 2. The first-order chi connectivity index (χ1) is 11.0. The number of likely N-dealkylation sites (tertiary alicyclic amines) is 1. The maximum Gasteiger partial charge on any atom is 0.254 e. The SMILES string of the molecule is COCC(O)CN1CCC(NC(=O)c2cccc(Cl)c2F)CC1. The Bertz CT molecular complexity index is 536. The number of nitrogens with zero attached hydrogens (tertiary/aromatic N) is 1. The van der Waals surface area contributed by atoms with Gasteiger partial charge in [0.1, 0.15) is 0 Å². The molecule has 0 spiro atoms. The van der Waals surface area contributed by atoms with Gasteiger partial charge in [-0.05, 0) is 25.0 Å². The Balaban J connectivity index is 1.82. The smallest absolute Gasteiger partial charge is 0.254 e. The molecule has 128 valence electrons. The summed E-state index contributed by atoms with van der Waals surface area (Å²) >= 11 is 5.70. The van der Waals surface area contributed by atoms with Gasteiger partial charge in [0.2, 0.25) is 0 Å². The van der Waals surface area contributed by atoms with Crippen LogP contribution in [0.3, 0.4) is 0 Å². The monoisotopic (exact) mass is 344 g/mol. The lowest BCUT2D eigenvalue weighted by molar-refractivity contribution is 0.0309. The molecule has 1 fully saturated rings. The van der Waals surface area contributed by atoms with E-state index < -0.39 is 17.8 Å². The molecule has 2 rings (SSSR count). The highest BCUT2D eigenvalue weighted by Gasteiger charge is 2.23. The van der Waals surface area contributed by atoms with Gasteiger partial charge in [0, 0.05) is 32.8 Å². The van der Waals surface area contributed by atoms with E-state index in [0.717, 1.165) is 25.9 Å². The molecule has 0 aromatic heterocycles. The molecule has 0 bridgehead atoms. The number of rotatable bonds is 6. The van der Waals surface area contributed by atoms with E-state index in [0.29, 0.717) is 13.2 Å². The number of benzene rings is 1. The zero-order chi connectivity index (χ0) is 16.8. The topological polar surface area (TPSA) is 61.8 Å². The highest BCUT2D eigenvalue weighted by Crippen LogP contribution is 2.18. The van der Waals surface area contributed by atoms with Crippen molar-refractivity contribution in [1.29, 1.82) is 0 Å². The summed E-state index contributed by atoms with van der Waals surface area (Å²) < 4.78 is 18.8. The molecule has 1 aliphatic rings. The van der Waals surface area contributed by atoms with Crippen LogP contribution in [0.15, 0.2) is 18.2 Å². The molecule has 0 aliphatic carbocycles. The Morgan fingerprint density at radius 1 is 1.52 bits per heavy atom. The van der Waals surface area contributed by atoms with Crippen molar-refractivity contribution in [2.24, 2.45) is 0 Å². The number of hydrogen-bond acceptors (Lipinski definition) is 4. The second kappa shape index (κ2) is 8.59. The van der Waals surface area contributed by atoms with Gasteiger partial charge in [0.15, 0.2) is 5.82 Å². The molecule has 0 saturated carbocycles. The minimum atomic E-state index is -0.688. The van der Waals surface area contributed by atoms with Crippen LogP contribution < -0.4 is 5.32 Å². The molecule has 23 heavy (non-hydrogen) atoms. The van der Waals surface area contributed by atoms with Gasteiger partial charge >= 0.3 is 0 Å². The second-order valence-corrected chi connectivity index (χ2v) is 6.17. The molecule has 2 N–H and O–H groups in total. The summed E-state index contributed by atoms with van der Waals surface area (Å²) in [5.41, 5.74) is -0.0320. The average molecular weight is 345 g/mol. The molecule has 1 unspecified atom stereocenters. The van der Waals surface area contributed by atoms with E-state index in [4.69, 9.17) is 16.3 Å². The third kappa shape index (κ3) is 5.14. The molecule has 1 aliphatic heterocycles. The minimum Gasteiger partial charge on any atom is -0.389 e. The van der Waals surface area contributed by atoms with Gasteiger partial charge in [0.05, 0.1) is 23.3 Å². The van der Waals surface area contributed by atoms with Crippen molar-refractivity contribution in [1.82, 2.24) is 10.2 Å². The molecule has 1 heterocycles. The van der Waals surface area contributed by atoms with Crippen LogP contribution in [0.1, 0.15) is 23.2 Å². The molecular weight excluding hydrogens is 323 g/mol. The number of amides is 1. The number of aliphatic hydroxyl groups excluding tert-OH is 1. The zero-order valence-corrected chi connectivity index (χ0v) is 13.9. The predicted molar refractivity (Wildman–Crippen MR) is 86.2 cm³/mol. The van der Waals surface area contributed by atoms with Gasteiger partial charge in [0.25, 0.3) is 5.91 Å². The average Bonchev–Trinajstić information content (AvgIpc) is 2.52. The summed E-state index contributed by atoms with van der Waals surface area (Å²) in [4.78, 5) is 14.3. The number of methoxy groups -OCH3 is 1. The lowest BCUT2D eigenvalue weighted by Gasteiger charge is -2.33. The van der Waals surface area contributed by atoms with Crippen molar-refractivity contribution < 1.29 is 19.0 Å². The van der Waals surface area contributed by atoms with E-state index in [-0.39, 0.29) is 16.6 Å². The summed E-state index contributed by atoms with van der Waals surface area (Å²) in [7, 11) is 1.56. The Morgan fingerprint density at radius 2 is 2.22 bits per heavy atom. The fourth-order valence-electron chi connectivity index (χ4n) is 2.75. The molecule has 1 saturated heterocycles. The van der Waals surface area contributed by atoms with Crippen molar-refractivity contribution in [2.45, 2.75) is 25.0 Å². The number of carbonyl (C=O) groups excluding carboxylic acids is 1. The van der Waals surface area contributed by atoms with Crippen LogP contribution in [0.25, 0.3) is 0 Å². The van der Waals surface area contributed by atoms with Crippen LogP contribution >= 0.6 is 11.6 Å². The van der Waals surface area contributed by atoms with Crippen molar-refractivity contribution >= 4 is 17.5 Å². The van der Waals surface area contributed by atoms with Crippen LogP contribution in [0.2, 0.25) is 5.02 Å². The van der Waals surface area contributed by atoms with Crippen LogP contribution in [0.4, 0.5) is 4.39 Å². The first kappa shape index (κ1) is 18.1. The molecular formula is C16H22ClFN2O3. The third-order valence-electron chi connectivity index (χ3n) is 3.95. The van der Waals surface area contributed by atoms with Gasteiger partial charge in [-0.2, -0.15) is 0 Å². The fourth-order valence-corrected chi connectivity index (χ4v) is 2.92. The first-order valence-corrected chi connectivity index (χ1v) is 8.03. The summed E-state index contributed by atoms with van der Waals surface area (Å²) in [6, 6.07) is 4.39. The van der Waals surface area contributed by atoms with Gasteiger partial charge in [-0.1, -0.05) is 17.7 Å². The highest BCUT2D eigenvalue weighted by atomic mass is 35.5. The molecule has 1 aromatic rings. The number of β-amino-alcohol motifs (C(OH)–C–C–N with tert-alkyl or cyclic N) is 1. The Labute approximate surface area is 140 Å². The number of aliphatic hydroxyl groups is 1. The molecule has 1 aromatic carbocycles. The predicted octanol–water partition coefficient (Wildman–Crippen LogP) is 1.68. The van der Waals surface area contributed by atoms with Crippen LogP contribution in [0.5, 0.6) is 0 Å². The van der Waals surface area contributed by atoms with Crippen molar-refractivity contribution in [3.63, 3.8) is 0 Å². The maximum atomic E-state index is 13.8. The highest BCUT2D eigenvalue weighted by molar-refractivity contribution is 6.31. The molecule has 1 atom stereocenters. The van der Waals surface area contributed by atoms with Gasteiger partial charge in [-0.3, -0.25) is 4.79 Å². The lowest BCUT2D eigenvalue weighted by atomic mass is 10.0. The Hall–Kier alpha value is -1.21. The largest absolute Gasteiger partial charge is 0.389 e. The van der Waals surface area contributed by atoms with E-state index in [2.05, 4.69) is 10.2 Å². The fraction of sp³-hybridized carbons (Fsp3) is 0.562. The summed E-state index contributed by atoms with van der Waals surface area (Å²) in [6.07, 6.45) is 1.01. The van der Waals surface area contributed by atoms with E-state index in [9.17, 15) is 14.3 Å². The summed E-state index contributed by atoms with van der Waals surface area (Å²) in [5, 5.41) is 12.5. The van der Waals surface area contributed by atoms with Crippen LogP contribution in [-0.2, 0) is 4.74 Å². The van der Waals surface area contributed by atoms with E-state index in [1.807, 2.05) is 0 Å². The zero-order valence-electron chi connectivity index (χ0n) is 13.1. The Kier molecular flexibility index (Phi) is 6.77. The quantitative estimate of drug-likeness (QED) is 0.824. The number of halogens is 2. The van der Waals surface area contributed by atoms with Crippen LogP contribution in [-0.4, -0.2) is 61.4 Å². The summed E-state index contributed by atoms with van der Waals surface area (Å²) in [6.45, 7) is 2.40. The van der Waals surface area contributed by atoms with Crippen molar-refractivity contribution in [3.05, 3.63) is 34.6 Å². The third-order valence-corrected chi connectivity index (χ3v) is 4.24. The normalized spacial score (nSPS) is 17.9. The van der Waals surface area contributed by atoms with Crippen molar-refractivity contribution in [3.8, 4) is 0 Å². The van der Waals surface area contributed by atoms with E-state index >= 15 is 0 Å². The van der Waals surface area contributed by atoms with E-state index in [1.54, 1.807) is 13.2 Å². The molecule has 5 nitrogen and oxygen atoms in total. The number of piperidine rings is 1. The van der Waals surface area contributed by atoms with Crippen molar-refractivity contribution in [2.75, 3.05) is 33.4 Å². The van der Waals surface area contributed by atoms with Crippen LogP contribution in [0, 0.1) is 5.82 Å². The molecule has 7 heteroatoms. The van der Waals surface area contributed by atoms with Gasteiger partial charge < -0.3 is 20.1 Å². The molecule has 1 amide bonds. The number of ether oxygens (including phenoxy) is 1. The lowest BCUT2D eigenvalue weighted by Crippen LogP contribution is -2.47. The first-order valence-electron chi connectivity index (χ1n) is 7.65. The van der Waals surface area contributed by atoms with E-state index in [1.165, 1.54) is 12.1 Å². The number of carbonyl (C=O) groups is 1. The second-order valence-electron chi connectivity index (χ2n) is 5.76. The minimum absolute atomic E-state index is 0.00306. The Morgan fingerprint density at radius 3 is 2.87 bits per heavy atom. The summed E-state index contributed by atoms with van der Waals surface area (Å²) in [5.74, 6) is -1.13. The van der Waals surface area contributed by atoms with Gasteiger partial charge in [-0.15, -0.1) is 0 Å². The molecule has 0 radical (unpaired) electrons. The van der Waals surface area contributed by atoms with Gasteiger partial charge in [-0.25, -0.2) is 4.39 Å².